The Morgan fingerprint density at radius 3 is 2.48 bits per heavy atom. The number of carbonyl (C=O) groups excluding carboxylic acids is 1. The van der Waals surface area contributed by atoms with Crippen molar-refractivity contribution in [1.82, 2.24) is 5.32 Å². The largest absolute Gasteiger partial charge is 0.476 e. The summed E-state index contributed by atoms with van der Waals surface area (Å²) in [4.78, 5) is 25.2. The second kappa shape index (κ2) is 8.36. The van der Waals surface area contributed by atoms with Gasteiger partial charge >= 0.3 is 0 Å². The highest BCUT2D eigenvalue weighted by Gasteiger charge is 2.21. The third kappa shape index (κ3) is 4.25. The molecule has 0 bridgehead atoms. The van der Waals surface area contributed by atoms with Gasteiger partial charge in [-0.05, 0) is 45.8 Å². The topological polar surface area (TPSA) is 81.7 Å². The Hall–Kier alpha value is -3.32. The summed E-state index contributed by atoms with van der Waals surface area (Å²) in [6.07, 6.45) is 0. The molecule has 1 amide bonds. The smallest absolute Gasteiger partial charge is 0.258 e. The maximum absolute atomic E-state index is 13.0. The van der Waals surface area contributed by atoms with E-state index in [0.29, 0.717) is 27.9 Å². The zero-order valence-electron chi connectivity index (χ0n) is 15.2. The molecule has 0 spiro atoms. The maximum atomic E-state index is 13.0. The molecule has 0 fully saturated rings. The summed E-state index contributed by atoms with van der Waals surface area (Å²) in [6, 6.07) is 19.7. The Morgan fingerprint density at radius 2 is 1.72 bits per heavy atom. The van der Waals surface area contributed by atoms with E-state index in [0.717, 1.165) is 5.56 Å². The van der Waals surface area contributed by atoms with Crippen molar-refractivity contribution in [3.05, 3.63) is 87.2 Å². The molecule has 29 heavy (non-hydrogen) atoms. The monoisotopic (exact) mass is 453 g/mol. The molecule has 4 rings (SSSR count). The highest BCUT2D eigenvalue weighted by atomic mass is 79.9. The lowest BCUT2D eigenvalue weighted by atomic mass is 10.2. The molecule has 0 saturated carbocycles. The van der Waals surface area contributed by atoms with Gasteiger partial charge < -0.3 is 18.9 Å². The Morgan fingerprint density at radius 1 is 0.966 bits per heavy atom. The number of amides is 1. The zero-order chi connectivity index (χ0) is 20.2. The van der Waals surface area contributed by atoms with Crippen molar-refractivity contribution in [3.8, 4) is 17.3 Å². The Bertz CT molecular complexity index is 1210. The average Bonchev–Trinajstić information content (AvgIpc) is 3.18. The van der Waals surface area contributed by atoms with Gasteiger partial charge in [0.2, 0.25) is 16.9 Å². The van der Waals surface area contributed by atoms with Crippen LogP contribution in [0.3, 0.4) is 0 Å². The minimum absolute atomic E-state index is 0.0691. The average molecular weight is 454 g/mol. The van der Waals surface area contributed by atoms with Gasteiger partial charge in [0, 0.05) is 6.54 Å². The molecule has 1 N–H and O–H groups in total. The Kier molecular flexibility index (Phi) is 5.48. The van der Waals surface area contributed by atoms with Crippen LogP contribution in [0.25, 0.3) is 22.5 Å². The molecule has 0 saturated heterocycles. The van der Waals surface area contributed by atoms with Gasteiger partial charge in [-0.3, -0.25) is 9.59 Å². The number of rotatable bonds is 6. The van der Waals surface area contributed by atoms with E-state index in [4.69, 9.17) is 13.6 Å². The van der Waals surface area contributed by atoms with Gasteiger partial charge in [-0.15, -0.1) is 0 Å². The van der Waals surface area contributed by atoms with Crippen LogP contribution in [0.5, 0.6) is 5.75 Å². The second-order valence-corrected chi connectivity index (χ2v) is 7.02. The number of hydrogen-bond acceptors (Lipinski definition) is 5. The molecule has 4 aromatic rings. The van der Waals surface area contributed by atoms with Crippen LogP contribution >= 0.6 is 15.9 Å². The fourth-order valence-corrected chi connectivity index (χ4v) is 3.15. The van der Waals surface area contributed by atoms with Gasteiger partial charge in [0.1, 0.15) is 5.58 Å². The molecule has 0 aliphatic heterocycles. The second-order valence-electron chi connectivity index (χ2n) is 6.24. The first-order valence-electron chi connectivity index (χ1n) is 8.87. The van der Waals surface area contributed by atoms with E-state index in [2.05, 4.69) is 21.2 Å². The highest BCUT2D eigenvalue weighted by Crippen LogP contribution is 2.33. The van der Waals surface area contributed by atoms with Crippen molar-refractivity contribution in [1.29, 1.82) is 0 Å². The molecule has 0 radical (unpaired) electrons. The number of carbonyl (C=O) groups is 1. The van der Waals surface area contributed by atoms with Crippen molar-refractivity contribution in [2.75, 3.05) is 6.61 Å². The number of para-hydroxylation sites is 1. The number of nitrogens with one attached hydrogen (secondary N) is 1. The summed E-state index contributed by atoms with van der Waals surface area (Å²) in [5, 5.41) is 3.12. The summed E-state index contributed by atoms with van der Waals surface area (Å²) in [6.45, 7) is 0.0398. The summed E-state index contributed by atoms with van der Waals surface area (Å²) in [5.41, 5.74) is 0.998. The lowest BCUT2D eigenvalue weighted by molar-refractivity contribution is -0.123. The minimum Gasteiger partial charge on any atom is -0.476 e. The van der Waals surface area contributed by atoms with E-state index in [1.165, 1.54) is 0 Å². The number of fused-ring (bicyclic) bond motifs is 1. The lowest BCUT2D eigenvalue weighted by Gasteiger charge is -2.10. The third-order valence-corrected chi connectivity index (χ3v) is 4.66. The number of hydrogen-bond donors (Lipinski definition) is 1. The number of halogens is 1. The van der Waals surface area contributed by atoms with Crippen molar-refractivity contribution in [2.45, 2.75) is 6.54 Å². The number of benzene rings is 2. The van der Waals surface area contributed by atoms with Crippen LogP contribution in [-0.4, -0.2) is 12.5 Å². The molecule has 146 valence electrons. The van der Waals surface area contributed by atoms with Crippen molar-refractivity contribution >= 4 is 32.8 Å². The quantitative estimate of drug-likeness (QED) is 0.464. The van der Waals surface area contributed by atoms with Gasteiger partial charge in [0.05, 0.1) is 5.39 Å². The predicted molar refractivity (Wildman–Crippen MR) is 112 cm³/mol. The summed E-state index contributed by atoms with van der Waals surface area (Å²) in [5.74, 6) is 0.0306. The van der Waals surface area contributed by atoms with E-state index < -0.39 is 0 Å². The van der Waals surface area contributed by atoms with Gasteiger partial charge in [-0.25, -0.2) is 0 Å². The molecular formula is C22H16BrNO5. The molecule has 2 heterocycles. The Balaban J connectivity index is 1.59. The molecule has 6 nitrogen and oxygen atoms in total. The van der Waals surface area contributed by atoms with Gasteiger partial charge in [0.15, 0.2) is 17.0 Å². The SMILES string of the molecule is O=C(COc1c(-c2ccc(Br)o2)oc2ccccc2c1=O)NCc1ccccc1. The fourth-order valence-electron chi connectivity index (χ4n) is 2.84. The molecule has 7 heteroatoms. The first kappa shape index (κ1) is 19.0. The first-order valence-corrected chi connectivity index (χ1v) is 9.66. The van der Waals surface area contributed by atoms with Gasteiger partial charge in [0.25, 0.3) is 5.91 Å². The summed E-state index contributed by atoms with van der Waals surface area (Å²) in [7, 11) is 0. The first-order chi connectivity index (χ1) is 14.1. The van der Waals surface area contributed by atoms with E-state index in [9.17, 15) is 9.59 Å². The lowest BCUT2D eigenvalue weighted by Crippen LogP contribution is -2.29. The van der Waals surface area contributed by atoms with Crippen LogP contribution in [0, 0.1) is 0 Å². The van der Waals surface area contributed by atoms with Crippen LogP contribution < -0.4 is 15.5 Å². The van der Waals surface area contributed by atoms with Crippen LogP contribution in [0.15, 0.2) is 85.0 Å². The molecule has 2 aromatic heterocycles. The standard InChI is InChI=1S/C22H16BrNO5/c23-18-11-10-17(28-18)21-22(20(26)15-8-4-5-9-16(15)29-21)27-13-19(25)24-12-14-6-2-1-3-7-14/h1-11H,12-13H2,(H,24,25). The van der Waals surface area contributed by atoms with E-state index in [-0.39, 0.29) is 29.5 Å². The van der Waals surface area contributed by atoms with E-state index in [1.54, 1.807) is 36.4 Å². The molecule has 0 aliphatic carbocycles. The molecular weight excluding hydrogens is 438 g/mol. The third-order valence-electron chi connectivity index (χ3n) is 4.23. The number of ether oxygens (including phenoxy) is 1. The van der Waals surface area contributed by atoms with Crippen molar-refractivity contribution < 1.29 is 18.4 Å². The van der Waals surface area contributed by atoms with Gasteiger partial charge in [-0.2, -0.15) is 0 Å². The highest BCUT2D eigenvalue weighted by molar-refractivity contribution is 9.10. The normalized spacial score (nSPS) is 10.8. The molecule has 0 unspecified atom stereocenters. The van der Waals surface area contributed by atoms with Crippen molar-refractivity contribution in [2.24, 2.45) is 0 Å². The number of furan rings is 1. The summed E-state index contributed by atoms with van der Waals surface area (Å²) >= 11 is 3.24. The van der Waals surface area contributed by atoms with Crippen LogP contribution in [0.2, 0.25) is 0 Å². The van der Waals surface area contributed by atoms with Crippen molar-refractivity contribution in [3.63, 3.8) is 0 Å². The molecule has 2 aromatic carbocycles. The van der Waals surface area contributed by atoms with E-state index in [1.807, 2.05) is 30.3 Å². The summed E-state index contributed by atoms with van der Waals surface area (Å²) < 4.78 is 17.5. The predicted octanol–water partition coefficient (Wildman–Crippen LogP) is 4.51. The fraction of sp³-hybridized carbons (Fsp3) is 0.0909. The van der Waals surface area contributed by atoms with Crippen LogP contribution in [-0.2, 0) is 11.3 Å². The zero-order valence-corrected chi connectivity index (χ0v) is 16.8. The molecule has 0 aliphatic rings. The minimum atomic E-state index is -0.370. The van der Waals surface area contributed by atoms with E-state index >= 15 is 0 Å². The maximum Gasteiger partial charge on any atom is 0.258 e. The van der Waals surface area contributed by atoms with Crippen LogP contribution in [0.1, 0.15) is 5.56 Å². The molecule has 0 atom stereocenters. The van der Waals surface area contributed by atoms with Gasteiger partial charge in [-0.1, -0.05) is 42.5 Å². The Labute approximate surface area is 174 Å². The van der Waals surface area contributed by atoms with Crippen LogP contribution in [0.4, 0.5) is 0 Å².